The van der Waals surface area contributed by atoms with Gasteiger partial charge in [0.2, 0.25) is 0 Å². The fourth-order valence-electron chi connectivity index (χ4n) is 2.14. The van der Waals surface area contributed by atoms with Crippen LogP contribution in [-0.2, 0) is 28.4 Å². The number of hydrogen-bond acceptors (Lipinski definition) is 6. The van der Waals surface area contributed by atoms with Crippen LogP contribution in [0.3, 0.4) is 0 Å². The van der Waals surface area contributed by atoms with Crippen LogP contribution in [0.15, 0.2) is 0 Å². The van der Waals surface area contributed by atoms with E-state index in [4.69, 9.17) is 28.4 Å². The molecule has 0 aliphatic heterocycles. The molecule has 0 aliphatic carbocycles. The predicted molar refractivity (Wildman–Crippen MR) is 108 cm³/mol. The van der Waals surface area contributed by atoms with Gasteiger partial charge in [-0.15, -0.1) is 0 Å². The summed E-state index contributed by atoms with van der Waals surface area (Å²) in [4.78, 5) is 0. The van der Waals surface area contributed by atoms with Crippen molar-refractivity contribution in [2.75, 3.05) is 46.2 Å². The molecule has 0 heterocycles. The van der Waals surface area contributed by atoms with Crippen molar-refractivity contribution >= 4 is 0 Å². The molecule has 0 fully saturated rings. The first-order valence-corrected chi connectivity index (χ1v) is 10.7. The van der Waals surface area contributed by atoms with Crippen LogP contribution >= 0.6 is 0 Å². The van der Waals surface area contributed by atoms with Gasteiger partial charge < -0.3 is 28.4 Å². The third-order valence-corrected chi connectivity index (χ3v) is 3.76. The molecule has 0 spiro atoms. The lowest BCUT2D eigenvalue weighted by molar-refractivity contribution is -0.199. The molecule has 0 amide bonds. The van der Waals surface area contributed by atoms with Crippen LogP contribution in [0.5, 0.6) is 0 Å². The molecule has 0 radical (unpaired) electrons. The van der Waals surface area contributed by atoms with E-state index in [0.717, 1.165) is 45.5 Å². The molecular weight excluding hydrogens is 348 g/mol. The first kappa shape index (κ1) is 26.8. The maximum Gasteiger partial charge on any atom is 0.181 e. The zero-order chi connectivity index (χ0) is 20.3. The highest BCUT2D eigenvalue weighted by atomic mass is 16.7. The van der Waals surface area contributed by atoms with Gasteiger partial charge in [0, 0.05) is 19.8 Å². The second-order valence-corrected chi connectivity index (χ2v) is 7.03. The van der Waals surface area contributed by atoms with Crippen LogP contribution in [0.1, 0.15) is 67.2 Å². The third-order valence-electron chi connectivity index (χ3n) is 3.76. The Morgan fingerprint density at radius 1 is 0.519 bits per heavy atom. The van der Waals surface area contributed by atoms with Gasteiger partial charge in [-0.3, -0.25) is 0 Å². The average Bonchev–Trinajstić information content (AvgIpc) is 2.67. The largest absolute Gasteiger partial charge is 0.376 e. The normalized spacial score (nSPS) is 16.2. The summed E-state index contributed by atoms with van der Waals surface area (Å²) < 4.78 is 34.5. The van der Waals surface area contributed by atoms with Crippen LogP contribution in [-0.4, -0.2) is 70.9 Å². The predicted octanol–water partition coefficient (Wildman–Crippen LogP) is 4.20. The van der Waals surface area contributed by atoms with Gasteiger partial charge in [-0.1, -0.05) is 27.2 Å². The highest BCUT2D eigenvalue weighted by molar-refractivity contribution is 4.55. The quantitative estimate of drug-likeness (QED) is 0.229. The van der Waals surface area contributed by atoms with Crippen LogP contribution in [0.4, 0.5) is 0 Å². The molecular formula is C21H44O6. The van der Waals surface area contributed by atoms with Gasteiger partial charge in [0.25, 0.3) is 0 Å². The van der Waals surface area contributed by atoms with Crippen LogP contribution < -0.4 is 0 Å². The zero-order valence-electron chi connectivity index (χ0n) is 18.5. The Hall–Kier alpha value is -0.240. The van der Waals surface area contributed by atoms with Crippen LogP contribution in [0, 0.1) is 0 Å². The van der Waals surface area contributed by atoms with E-state index in [2.05, 4.69) is 20.8 Å². The van der Waals surface area contributed by atoms with Crippen molar-refractivity contribution < 1.29 is 28.4 Å². The number of unbranched alkanes of at least 4 members (excludes halogenated alkanes) is 1. The van der Waals surface area contributed by atoms with Gasteiger partial charge in [-0.25, -0.2) is 0 Å². The maximum absolute atomic E-state index is 5.88. The molecule has 0 aromatic heterocycles. The summed E-state index contributed by atoms with van der Waals surface area (Å²) in [6, 6.07) is 0. The van der Waals surface area contributed by atoms with Gasteiger partial charge in [0.05, 0.1) is 44.7 Å². The minimum atomic E-state index is -0.408. The number of rotatable bonds is 20. The summed E-state index contributed by atoms with van der Waals surface area (Å²) in [6.45, 7) is 16.5. The van der Waals surface area contributed by atoms with Gasteiger partial charge >= 0.3 is 0 Å². The van der Waals surface area contributed by atoms with E-state index < -0.39 is 6.29 Å². The molecule has 0 aliphatic rings. The summed E-state index contributed by atoms with van der Waals surface area (Å²) in [5.74, 6) is 0. The lowest BCUT2D eigenvalue weighted by Crippen LogP contribution is -2.32. The highest BCUT2D eigenvalue weighted by Crippen LogP contribution is 2.05. The van der Waals surface area contributed by atoms with Gasteiger partial charge in [-0.2, -0.15) is 0 Å². The van der Waals surface area contributed by atoms with E-state index in [1.165, 1.54) is 0 Å². The fourth-order valence-corrected chi connectivity index (χ4v) is 2.14. The molecule has 6 nitrogen and oxygen atoms in total. The minimum absolute atomic E-state index is 0.0341. The highest BCUT2D eigenvalue weighted by Gasteiger charge is 2.15. The summed E-state index contributed by atoms with van der Waals surface area (Å²) in [5.41, 5.74) is 0. The Labute approximate surface area is 167 Å². The van der Waals surface area contributed by atoms with Crippen molar-refractivity contribution in [2.24, 2.45) is 0 Å². The smallest absolute Gasteiger partial charge is 0.181 e. The lowest BCUT2D eigenvalue weighted by Gasteiger charge is -2.23. The standard InChI is InChI=1S/C21H44O6/c1-7-10-13-22-17-21(26-15-19(5)24-12-9-3)27-16-20(6)25-14-18(4)23-11-8-2/h18-21H,7-17H2,1-6H3. The van der Waals surface area contributed by atoms with E-state index in [1.54, 1.807) is 0 Å². The van der Waals surface area contributed by atoms with Crippen molar-refractivity contribution in [3.05, 3.63) is 0 Å². The molecule has 0 N–H and O–H groups in total. The van der Waals surface area contributed by atoms with Gasteiger partial charge in [0.15, 0.2) is 6.29 Å². The summed E-state index contributed by atoms with van der Waals surface area (Å²) in [5, 5.41) is 0. The fraction of sp³-hybridized carbons (Fsp3) is 1.00. The van der Waals surface area contributed by atoms with Crippen molar-refractivity contribution in [1.82, 2.24) is 0 Å². The molecule has 6 heteroatoms. The van der Waals surface area contributed by atoms with Crippen LogP contribution in [0.2, 0.25) is 0 Å². The van der Waals surface area contributed by atoms with Crippen molar-refractivity contribution in [1.29, 1.82) is 0 Å². The maximum atomic E-state index is 5.88. The van der Waals surface area contributed by atoms with Crippen molar-refractivity contribution in [2.45, 2.75) is 91.8 Å². The zero-order valence-corrected chi connectivity index (χ0v) is 18.5. The van der Waals surface area contributed by atoms with E-state index >= 15 is 0 Å². The molecule has 0 bridgehead atoms. The van der Waals surface area contributed by atoms with E-state index in [0.29, 0.717) is 26.4 Å². The Balaban J connectivity index is 4.14. The summed E-state index contributed by atoms with van der Waals surface area (Å²) in [7, 11) is 0. The first-order valence-electron chi connectivity index (χ1n) is 10.7. The first-order chi connectivity index (χ1) is 13.0. The topological polar surface area (TPSA) is 55.4 Å². The van der Waals surface area contributed by atoms with Gasteiger partial charge in [-0.05, 0) is 40.0 Å². The summed E-state index contributed by atoms with van der Waals surface area (Å²) >= 11 is 0. The van der Waals surface area contributed by atoms with Gasteiger partial charge in [0.1, 0.15) is 0 Å². The molecule has 0 saturated heterocycles. The second kappa shape index (κ2) is 19.1. The molecule has 4 unspecified atom stereocenters. The molecule has 0 aromatic rings. The SMILES string of the molecule is CCCCOCC(OCC(C)OCCC)OCC(C)OCC(C)OCCC. The average molecular weight is 393 g/mol. The Morgan fingerprint density at radius 3 is 1.48 bits per heavy atom. The lowest BCUT2D eigenvalue weighted by atomic mass is 10.4. The molecule has 27 heavy (non-hydrogen) atoms. The van der Waals surface area contributed by atoms with E-state index in [9.17, 15) is 0 Å². The third kappa shape index (κ3) is 17.6. The number of hydrogen-bond donors (Lipinski definition) is 0. The molecule has 0 saturated carbocycles. The Morgan fingerprint density at radius 2 is 1.00 bits per heavy atom. The monoisotopic (exact) mass is 392 g/mol. The molecule has 0 aromatic carbocycles. The molecule has 0 rings (SSSR count). The van der Waals surface area contributed by atoms with Crippen molar-refractivity contribution in [3.8, 4) is 0 Å². The minimum Gasteiger partial charge on any atom is -0.376 e. The summed E-state index contributed by atoms with van der Waals surface area (Å²) in [6.07, 6.45) is 3.85. The number of ether oxygens (including phenoxy) is 6. The second-order valence-electron chi connectivity index (χ2n) is 7.03. The Bertz CT molecular complexity index is 302. The van der Waals surface area contributed by atoms with E-state index in [1.807, 2.05) is 20.8 Å². The van der Waals surface area contributed by atoms with E-state index in [-0.39, 0.29) is 18.3 Å². The Kier molecular flexibility index (Phi) is 18.9. The van der Waals surface area contributed by atoms with Crippen LogP contribution in [0.25, 0.3) is 0 Å². The molecule has 164 valence electrons. The van der Waals surface area contributed by atoms with Crippen molar-refractivity contribution in [3.63, 3.8) is 0 Å². The molecule has 4 atom stereocenters.